The van der Waals surface area contributed by atoms with E-state index in [0.717, 1.165) is 11.1 Å². The third-order valence-electron chi connectivity index (χ3n) is 3.91. The maximum absolute atomic E-state index is 12.5. The van der Waals surface area contributed by atoms with E-state index in [2.05, 4.69) is 41.6 Å². The lowest BCUT2D eigenvalue weighted by atomic mass is 10.0. The predicted octanol–water partition coefficient (Wildman–Crippen LogP) is 3.68. The number of nitrogens with one attached hydrogen (secondary N) is 1. The molecule has 0 saturated heterocycles. The highest BCUT2D eigenvalue weighted by molar-refractivity contribution is 5.95. The average Bonchev–Trinajstić information content (AvgIpc) is 3.08. The summed E-state index contributed by atoms with van der Waals surface area (Å²) in [5.74, 6) is -0.0661. The van der Waals surface area contributed by atoms with E-state index < -0.39 is 0 Å². The first kappa shape index (κ1) is 16.0. The van der Waals surface area contributed by atoms with Crippen LogP contribution in [0.15, 0.2) is 67.0 Å². The zero-order valence-electron chi connectivity index (χ0n) is 13.9. The van der Waals surface area contributed by atoms with Crippen LogP contribution in [-0.4, -0.2) is 21.7 Å². The number of hydrogen-bond donors (Lipinski definition) is 1. The van der Waals surface area contributed by atoms with Gasteiger partial charge in [-0.15, -0.1) is 0 Å². The third-order valence-corrected chi connectivity index (χ3v) is 3.91. The highest BCUT2D eigenvalue weighted by Gasteiger charge is 2.11. The molecule has 122 valence electrons. The molecule has 0 bridgehead atoms. The van der Waals surface area contributed by atoms with E-state index in [1.54, 1.807) is 6.20 Å². The first-order valence-corrected chi connectivity index (χ1v) is 8.07. The van der Waals surface area contributed by atoms with E-state index in [-0.39, 0.29) is 11.9 Å². The van der Waals surface area contributed by atoms with Crippen molar-refractivity contribution in [1.29, 1.82) is 0 Å². The van der Waals surface area contributed by atoms with E-state index in [9.17, 15) is 4.79 Å². The number of nitrogens with zero attached hydrogens (tertiary/aromatic N) is 2. The van der Waals surface area contributed by atoms with Gasteiger partial charge < -0.3 is 5.32 Å². The van der Waals surface area contributed by atoms with Crippen LogP contribution >= 0.6 is 0 Å². The summed E-state index contributed by atoms with van der Waals surface area (Å²) in [6.07, 6.45) is 3.63. The lowest BCUT2D eigenvalue weighted by Gasteiger charge is -2.14. The molecule has 4 nitrogen and oxygen atoms in total. The number of aryl methyl sites for hydroxylation is 1. The first-order valence-electron chi connectivity index (χ1n) is 8.07. The lowest BCUT2D eigenvalue weighted by molar-refractivity contribution is 0.0936. The van der Waals surface area contributed by atoms with Crippen LogP contribution in [0.2, 0.25) is 0 Å². The lowest BCUT2D eigenvalue weighted by Crippen LogP contribution is -2.35. The molecule has 0 aliphatic rings. The Kier molecular flexibility index (Phi) is 4.75. The highest BCUT2D eigenvalue weighted by Crippen LogP contribution is 2.21. The van der Waals surface area contributed by atoms with E-state index in [1.165, 1.54) is 5.56 Å². The molecule has 4 heteroatoms. The molecule has 1 amide bonds. The van der Waals surface area contributed by atoms with Crippen LogP contribution in [0.5, 0.6) is 0 Å². The van der Waals surface area contributed by atoms with Crippen LogP contribution in [0.1, 0.15) is 22.8 Å². The van der Waals surface area contributed by atoms with Crippen molar-refractivity contribution in [3.05, 3.63) is 78.1 Å². The van der Waals surface area contributed by atoms with Crippen LogP contribution in [0.3, 0.4) is 0 Å². The number of hydrogen-bond acceptors (Lipinski definition) is 2. The van der Waals surface area contributed by atoms with Crippen LogP contribution in [0.4, 0.5) is 0 Å². The van der Waals surface area contributed by atoms with Crippen molar-refractivity contribution in [3.8, 4) is 11.1 Å². The summed E-state index contributed by atoms with van der Waals surface area (Å²) in [7, 11) is 0. The summed E-state index contributed by atoms with van der Waals surface area (Å²) in [4.78, 5) is 12.5. The van der Waals surface area contributed by atoms with E-state index in [4.69, 9.17) is 0 Å². The number of rotatable bonds is 5. The fourth-order valence-electron chi connectivity index (χ4n) is 2.63. The molecule has 0 aliphatic heterocycles. The number of benzene rings is 2. The Labute approximate surface area is 142 Å². The first-order chi connectivity index (χ1) is 11.6. The highest BCUT2D eigenvalue weighted by atomic mass is 16.1. The smallest absolute Gasteiger partial charge is 0.251 e. The van der Waals surface area contributed by atoms with E-state index >= 15 is 0 Å². The molecule has 1 unspecified atom stereocenters. The molecule has 0 fully saturated rings. The van der Waals surface area contributed by atoms with Crippen molar-refractivity contribution in [2.75, 3.05) is 0 Å². The summed E-state index contributed by atoms with van der Waals surface area (Å²) in [5.41, 5.74) is 4.04. The minimum absolute atomic E-state index is 0.000399. The monoisotopic (exact) mass is 319 g/mol. The van der Waals surface area contributed by atoms with Gasteiger partial charge in [0.05, 0.1) is 6.54 Å². The SMILES string of the molecule is Cc1ccc(-c2cccc(C(=O)NC(C)Cn3cccn3)c2)cc1. The number of aromatic nitrogens is 2. The normalized spacial score (nSPS) is 11.9. The molecule has 2 aromatic carbocycles. The van der Waals surface area contributed by atoms with Crippen molar-refractivity contribution < 1.29 is 4.79 Å². The summed E-state index contributed by atoms with van der Waals surface area (Å²) < 4.78 is 1.81. The largest absolute Gasteiger partial charge is 0.348 e. The molecule has 1 aromatic heterocycles. The van der Waals surface area contributed by atoms with E-state index in [1.807, 2.05) is 48.1 Å². The molecule has 1 heterocycles. The van der Waals surface area contributed by atoms with Gasteiger partial charge in [0.15, 0.2) is 0 Å². The van der Waals surface area contributed by atoms with Gasteiger partial charge in [-0.3, -0.25) is 9.48 Å². The van der Waals surface area contributed by atoms with Gasteiger partial charge in [-0.05, 0) is 43.2 Å². The second-order valence-corrected chi connectivity index (χ2v) is 6.05. The minimum atomic E-state index is -0.0661. The second kappa shape index (κ2) is 7.13. The Bertz CT molecular complexity index is 807. The van der Waals surface area contributed by atoms with Gasteiger partial charge in [-0.25, -0.2) is 0 Å². The van der Waals surface area contributed by atoms with Crippen LogP contribution < -0.4 is 5.32 Å². The van der Waals surface area contributed by atoms with Gasteiger partial charge in [-0.1, -0.05) is 42.0 Å². The van der Waals surface area contributed by atoms with Gasteiger partial charge in [0.1, 0.15) is 0 Å². The predicted molar refractivity (Wildman–Crippen MR) is 95.8 cm³/mol. The standard InChI is InChI=1S/C20H21N3O/c1-15-7-9-17(10-8-15)18-5-3-6-19(13-18)20(24)22-16(2)14-23-12-4-11-21-23/h3-13,16H,14H2,1-2H3,(H,22,24). The van der Waals surface area contributed by atoms with Gasteiger partial charge in [-0.2, -0.15) is 5.10 Å². The van der Waals surface area contributed by atoms with Crippen molar-refractivity contribution in [1.82, 2.24) is 15.1 Å². The summed E-state index contributed by atoms with van der Waals surface area (Å²) in [6.45, 7) is 4.69. The van der Waals surface area contributed by atoms with Crippen molar-refractivity contribution >= 4 is 5.91 Å². The molecule has 3 aromatic rings. The number of carbonyl (C=O) groups excluding carboxylic acids is 1. The third kappa shape index (κ3) is 3.90. The Hall–Kier alpha value is -2.88. The van der Waals surface area contributed by atoms with E-state index in [0.29, 0.717) is 12.1 Å². The van der Waals surface area contributed by atoms with Crippen LogP contribution in [0.25, 0.3) is 11.1 Å². The van der Waals surface area contributed by atoms with Gasteiger partial charge in [0, 0.05) is 24.0 Å². The average molecular weight is 319 g/mol. The molecule has 0 spiro atoms. The second-order valence-electron chi connectivity index (χ2n) is 6.05. The van der Waals surface area contributed by atoms with Crippen molar-refractivity contribution in [3.63, 3.8) is 0 Å². The van der Waals surface area contributed by atoms with Crippen molar-refractivity contribution in [2.45, 2.75) is 26.4 Å². The molecule has 0 radical (unpaired) electrons. The maximum atomic E-state index is 12.5. The van der Waals surface area contributed by atoms with Gasteiger partial charge in [0.25, 0.3) is 5.91 Å². The van der Waals surface area contributed by atoms with Gasteiger partial charge >= 0.3 is 0 Å². The topological polar surface area (TPSA) is 46.9 Å². The fraction of sp³-hybridized carbons (Fsp3) is 0.200. The molecular weight excluding hydrogens is 298 g/mol. The number of amides is 1. The quantitative estimate of drug-likeness (QED) is 0.780. The fourth-order valence-corrected chi connectivity index (χ4v) is 2.63. The molecular formula is C20H21N3O. The minimum Gasteiger partial charge on any atom is -0.348 e. The number of carbonyl (C=O) groups is 1. The summed E-state index contributed by atoms with van der Waals surface area (Å²) in [6, 6.07) is 17.9. The molecule has 3 rings (SSSR count). The summed E-state index contributed by atoms with van der Waals surface area (Å²) in [5, 5.41) is 7.18. The maximum Gasteiger partial charge on any atom is 0.251 e. The molecule has 0 saturated carbocycles. The zero-order chi connectivity index (χ0) is 16.9. The Balaban J connectivity index is 1.71. The molecule has 1 N–H and O–H groups in total. The molecule has 1 atom stereocenters. The Morgan fingerprint density at radius 3 is 2.62 bits per heavy atom. The molecule has 24 heavy (non-hydrogen) atoms. The summed E-state index contributed by atoms with van der Waals surface area (Å²) >= 11 is 0. The van der Waals surface area contributed by atoms with Gasteiger partial charge in [0.2, 0.25) is 0 Å². The zero-order valence-corrected chi connectivity index (χ0v) is 13.9. The Morgan fingerprint density at radius 2 is 1.92 bits per heavy atom. The van der Waals surface area contributed by atoms with Crippen LogP contribution in [0, 0.1) is 6.92 Å². The molecule has 0 aliphatic carbocycles. The Morgan fingerprint density at radius 1 is 1.12 bits per heavy atom. The van der Waals surface area contributed by atoms with Crippen LogP contribution in [-0.2, 0) is 6.54 Å². The van der Waals surface area contributed by atoms with Crippen molar-refractivity contribution in [2.24, 2.45) is 0 Å².